The van der Waals surface area contributed by atoms with Crippen molar-refractivity contribution in [3.05, 3.63) is 59.7 Å². The summed E-state index contributed by atoms with van der Waals surface area (Å²) in [4.78, 5) is 27.6. The molecule has 0 spiro atoms. The van der Waals surface area contributed by atoms with Gasteiger partial charge in [0.05, 0.1) is 0 Å². The molecule has 28 heavy (non-hydrogen) atoms. The van der Waals surface area contributed by atoms with Crippen LogP contribution in [-0.4, -0.2) is 30.9 Å². The first kappa shape index (κ1) is 21.5. The summed E-state index contributed by atoms with van der Waals surface area (Å²) in [6.07, 6.45) is 0. The van der Waals surface area contributed by atoms with E-state index in [-0.39, 0.29) is 17.7 Å². The number of hydrogen-bond acceptors (Lipinski definition) is 3. The lowest BCUT2D eigenvalue weighted by Gasteiger charge is -2.23. The Labute approximate surface area is 168 Å². The summed E-state index contributed by atoms with van der Waals surface area (Å²) >= 11 is 0. The minimum atomic E-state index is -0.615. The number of hydrogen-bond donors (Lipinski definition) is 2. The predicted molar refractivity (Wildman–Crippen MR) is 116 cm³/mol. The van der Waals surface area contributed by atoms with Crippen LogP contribution in [0, 0.1) is 12.8 Å². The highest BCUT2D eigenvalue weighted by molar-refractivity contribution is 6.01. The third kappa shape index (κ3) is 5.59. The second-order valence-corrected chi connectivity index (χ2v) is 7.27. The fraction of sp³-hybridized carbons (Fsp3) is 0.391. The van der Waals surface area contributed by atoms with E-state index in [0.29, 0.717) is 5.56 Å². The van der Waals surface area contributed by atoms with Gasteiger partial charge in [0.15, 0.2) is 0 Å². The molecule has 0 aliphatic carbocycles. The van der Waals surface area contributed by atoms with Gasteiger partial charge in [-0.25, -0.2) is 0 Å². The minimum Gasteiger partial charge on any atom is -0.372 e. The van der Waals surface area contributed by atoms with Crippen molar-refractivity contribution >= 4 is 23.2 Å². The molecule has 5 heteroatoms. The van der Waals surface area contributed by atoms with Gasteiger partial charge in [-0.3, -0.25) is 9.59 Å². The van der Waals surface area contributed by atoms with Crippen molar-refractivity contribution in [3.8, 4) is 0 Å². The predicted octanol–water partition coefficient (Wildman–Crippen LogP) is 4.23. The molecule has 0 aliphatic heterocycles. The van der Waals surface area contributed by atoms with E-state index in [4.69, 9.17) is 0 Å². The van der Waals surface area contributed by atoms with Crippen LogP contribution in [0.3, 0.4) is 0 Å². The van der Waals surface area contributed by atoms with Crippen LogP contribution >= 0.6 is 0 Å². The van der Waals surface area contributed by atoms with Crippen LogP contribution in [0.25, 0.3) is 0 Å². The zero-order chi connectivity index (χ0) is 20.7. The topological polar surface area (TPSA) is 61.4 Å². The van der Waals surface area contributed by atoms with Crippen molar-refractivity contribution in [1.29, 1.82) is 0 Å². The number of carbonyl (C=O) groups excluding carboxylic acids is 2. The van der Waals surface area contributed by atoms with Gasteiger partial charge >= 0.3 is 0 Å². The molecule has 0 aliphatic rings. The standard InChI is InChI=1S/C23H31N3O2/c1-6-26(7-2)20-13-11-19(12-14-20)24-23(28)21(16(3)4)25-22(27)18-10-8-9-17(5)15-18/h8-16,21H,6-7H2,1-5H3,(H,24,28)(H,25,27). The van der Waals surface area contributed by atoms with E-state index in [9.17, 15) is 9.59 Å². The van der Waals surface area contributed by atoms with E-state index < -0.39 is 6.04 Å². The van der Waals surface area contributed by atoms with Gasteiger partial charge in [0.1, 0.15) is 6.04 Å². The van der Waals surface area contributed by atoms with Gasteiger partial charge in [0.25, 0.3) is 5.91 Å². The highest BCUT2D eigenvalue weighted by atomic mass is 16.2. The number of nitrogens with zero attached hydrogens (tertiary/aromatic N) is 1. The van der Waals surface area contributed by atoms with E-state index in [2.05, 4.69) is 29.4 Å². The van der Waals surface area contributed by atoms with Crippen LogP contribution in [0.4, 0.5) is 11.4 Å². The Bertz CT molecular complexity index is 796. The second kappa shape index (κ2) is 9.93. The van der Waals surface area contributed by atoms with E-state index in [0.717, 1.165) is 30.0 Å². The Morgan fingerprint density at radius 3 is 2.18 bits per heavy atom. The van der Waals surface area contributed by atoms with Gasteiger partial charge in [-0.05, 0) is 63.1 Å². The molecule has 2 amide bonds. The molecule has 0 bridgehead atoms. The second-order valence-electron chi connectivity index (χ2n) is 7.27. The van der Waals surface area contributed by atoms with Crippen molar-refractivity contribution in [2.45, 2.75) is 40.7 Å². The molecule has 2 aromatic carbocycles. The average Bonchev–Trinajstić information content (AvgIpc) is 2.67. The van der Waals surface area contributed by atoms with Crippen LogP contribution in [0.1, 0.15) is 43.6 Å². The highest BCUT2D eigenvalue weighted by Gasteiger charge is 2.25. The van der Waals surface area contributed by atoms with Crippen molar-refractivity contribution < 1.29 is 9.59 Å². The zero-order valence-corrected chi connectivity index (χ0v) is 17.5. The first-order chi connectivity index (χ1) is 13.3. The Hall–Kier alpha value is -2.82. The lowest BCUT2D eigenvalue weighted by molar-refractivity contribution is -0.118. The highest BCUT2D eigenvalue weighted by Crippen LogP contribution is 2.18. The zero-order valence-electron chi connectivity index (χ0n) is 17.5. The molecule has 2 rings (SSSR count). The third-order valence-corrected chi connectivity index (χ3v) is 4.78. The third-order valence-electron chi connectivity index (χ3n) is 4.78. The molecule has 2 N–H and O–H groups in total. The largest absolute Gasteiger partial charge is 0.372 e. The number of rotatable bonds is 8. The number of amides is 2. The molecule has 0 saturated heterocycles. The Morgan fingerprint density at radius 2 is 1.64 bits per heavy atom. The van der Waals surface area contributed by atoms with Crippen molar-refractivity contribution in [3.63, 3.8) is 0 Å². The Kier molecular flexibility index (Phi) is 7.61. The Morgan fingerprint density at radius 1 is 1.00 bits per heavy atom. The maximum Gasteiger partial charge on any atom is 0.251 e. The smallest absolute Gasteiger partial charge is 0.251 e. The minimum absolute atomic E-state index is 0.0382. The monoisotopic (exact) mass is 381 g/mol. The van der Waals surface area contributed by atoms with E-state index in [1.54, 1.807) is 6.07 Å². The maximum absolute atomic E-state index is 12.8. The molecular weight excluding hydrogens is 350 g/mol. The Balaban J connectivity index is 2.07. The molecule has 1 unspecified atom stereocenters. The van der Waals surface area contributed by atoms with Gasteiger partial charge in [0.2, 0.25) is 5.91 Å². The summed E-state index contributed by atoms with van der Waals surface area (Å²) in [6.45, 7) is 11.9. The molecule has 0 saturated carbocycles. The van der Waals surface area contributed by atoms with E-state index >= 15 is 0 Å². The van der Waals surface area contributed by atoms with Crippen LogP contribution in [0.5, 0.6) is 0 Å². The molecule has 0 heterocycles. The normalized spacial score (nSPS) is 11.8. The van der Waals surface area contributed by atoms with Crippen LogP contribution in [0.2, 0.25) is 0 Å². The van der Waals surface area contributed by atoms with Gasteiger partial charge < -0.3 is 15.5 Å². The number of anilines is 2. The molecule has 0 radical (unpaired) electrons. The van der Waals surface area contributed by atoms with E-state index in [1.165, 1.54) is 0 Å². The van der Waals surface area contributed by atoms with E-state index in [1.807, 2.05) is 63.2 Å². The number of benzene rings is 2. The number of aryl methyl sites for hydroxylation is 1. The summed E-state index contributed by atoms with van der Waals surface area (Å²) < 4.78 is 0. The molecule has 2 aromatic rings. The molecule has 0 aromatic heterocycles. The summed E-state index contributed by atoms with van der Waals surface area (Å²) in [5.41, 5.74) is 3.40. The fourth-order valence-corrected chi connectivity index (χ4v) is 3.11. The first-order valence-corrected chi connectivity index (χ1v) is 9.89. The molecular formula is C23H31N3O2. The fourth-order valence-electron chi connectivity index (χ4n) is 3.11. The summed E-state index contributed by atoms with van der Waals surface area (Å²) in [5.74, 6) is -0.496. The van der Waals surface area contributed by atoms with Gasteiger partial charge in [0, 0.05) is 30.0 Å². The summed E-state index contributed by atoms with van der Waals surface area (Å²) in [6, 6.07) is 14.5. The number of carbonyl (C=O) groups is 2. The summed E-state index contributed by atoms with van der Waals surface area (Å²) in [5, 5.41) is 5.79. The molecule has 5 nitrogen and oxygen atoms in total. The molecule has 1 atom stereocenters. The van der Waals surface area contributed by atoms with Gasteiger partial charge in [-0.2, -0.15) is 0 Å². The summed E-state index contributed by atoms with van der Waals surface area (Å²) in [7, 11) is 0. The molecule has 0 fully saturated rings. The van der Waals surface area contributed by atoms with Crippen LogP contribution in [-0.2, 0) is 4.79 Å². The quantitative estimate of drug-likeness (QED) is 0.719. The SMILES string of the molecule is CCN(CC)c1ccc(NC(=O)C(NC(=O)c2cccc(C)c2)C(C)C)cc1. The first-order valence-electron chi connectivity index (χ1n) is 9.89. The lowest BCUT2D eigenvalue weighted by atomic mass is 10.0. The van der Waals surface area contributed by atoms with Gasteiger partial charge in [-0.15, -0.1) is 0 Å². The molecule has 150 valence electrons. The van der Waals surface area contributed by atoms with Crippen molar-refractivity contribution in [2.24, 2.45) is 5.92 Å². The van der Waals surface area contributed by atoms with Crippen LogP contribution in [0.15, 0.2) is 48.5 Å². The average molecular weight is 382 g/mol. The van der Waals surface area contributed by atoms with Crippen LogP contribution < -0.4 is 15.5 Å². The lowest BCUT2D eigenvalue weighted by Crippen LogP contribution is -2.47. The number of nitrogens with one attached hydrogen (secondary N) is 2. The maximum atomic E-state index is 12.8. The van der Waals surface area contributed by atoms with Crippen molar-refractivity contribution in [2.75, 3.05) is 23.3 Å². The van der Waals surface area contributed by atoms with Crippen molar-refractivity contribution in [1.82, 2.24) is 5.32 Å². The van der Waals surface area contributed by atoms with Gasteiger partial charge in [-0.1, -0.05) is 31.5 Å².